The van der Waals surface area contributed by atoms with Crippen LogP contribution in [0.3, 0.4) is 0 Å². The summed E-state index contributed by atoms with van der Waals surface area (Å²) < 4.78 is 6.43. The van der Waals surface area contributed by atoms with E-state index in [0.717, 1.165) is 9.26 Å². The van der Waals surface area contributed by atoms with E-state index in [1.54, 1.807) is 11.9 Å². The molecule has 1 N–H and O–H groups in total. The predicted molar refractivity (Wildman–Crippen MR) is 79.8 cm³/mol. The second-order valence-corrected chi connectivity index (χ2v) is 5.62. The van der Waals surface area contributed by atoms with E-state index in [1.165, 1.54) is 0 Å². The number of anilines is 1. The van der Waals surface area contributed by atoms with Crippen LogP contribution in [-0.2, 0) is 14.3 Å². The Morgan fingerprint density at radius 3 is 2.84 bits per heavy atom. The topological polar surface area (TPSA) is 58.6 Å². The summed E-state index contributed by atoms with van der Waals surface area (Å²) in [5, 5.41) is 2.76. The van der Waals surface area contributed by atoms with Gasteiger partial charge in [0.2, 0.25) is 5.91 Å². The van der Waals surface area contributed by atoms with Gasteiger partial charge in [0.15, 0.2) is 0 Å². The summed E-state index contributed by atoms with van der Waals surface area (Å²) in [6.07, 6.45) is -0.614. The highest BCUT2D eigenvalue weighted by atomic mass is 127. The number of ether oxygens (including phenoxy) is 1. The summed E-state index contributed by atoms with van der Waals surface area (Å²) in [5.41, 5.74) is 0.724. The zero-order valence-corrected chi connectivity index (χ0v) is 12.7. The zero-order chi connectivity index (χ0) is 13.8. The SMILES string of the molecule is CN1CCOC(CC(=O)Nc2ccc(I)cc2)C1=O. The van der Waals surface area contributed by atoms with Crippen molar-refractivity contribution in [2.75, 3.05) is 25.5 Å². The van der Waals surface area contributed by atoms with Crippen LogP contribution >= 0.6 is 22.6 Å². The molecule has 1 heterocycles. The van der Waals surface area contributed by atoms with Gasteiger partial charge in [-0.15, -0.1) is 0 Å². The molecule has 0 aromatic heterocycles. The normalized spacial score (nSPS) is 19.4. The van der Waals surface area contributed by atoms with Crippen LogP contribution < -0.4 is 5.32 Å². The number of carbonyl (C=O) groups excluding carboxylic acids is 2. The number of carbonyl (C=O) groups is 2. The van der Waals surface area contributed by atoms with E-state index in [0.29, 0.717) is 13.2 Å². The molecule has 0 radical (unpaired) electrons. The number of rotatable bonds is 3. The molecule has 1 aromatic rings. The van der Waals surface area contributed by atoms with Crippen LogP contribution in [0.1, 0.15) is 6.42 Å². The van der Waals surface area contributed by atoms with Gasteiger partial charge in [-0.1, -0.05) is 0 Å². The molecule has 0 saturated carbocycles. The van der Waals surface area contributed by atoms with Gasteiger partial charge in [0.05, 0.1) is 13.0 Å². The number of hydrogen-bond acceptors (Lipinski definition) is 3. The Hall–Kier alpha value is -1.15. The quantitative estimate of drug-likeness (QED) is 0.816. The lowest BCUT2D eigenvalue weighted by molar-refractivity contribution is -0.153. The monoisotopic (exact) mass is 374 g/mol. The first-order valence-electron chi connectivity index (χ1n) is 5.98. The van der Waals surface area contributed by atoms with Crippen molar-refractivity contribution < 1.29 is 14.3 Å². The van der Waals surface area contributed by atoms with E-state index in [9.17, 15) is 9.59 Å². The molecule has 102 valence electrons. The number of amides is 2. The highest BCUT2D eigenvalue weighted by molar-refractivity contribution is 14.1. The average molecular weight is 374 g/mol. The molecule has 1 aliphatic rings. The van der Waals surface area contributed by atoms with Crippen LogP contribution in [0.5, 0.6) is 0 Å². The largest absolute Gasteiger partial charge is 0.366 e. The molecular formula is C13H15IN2O3. The smallest absolute Gasteiger partial charge is 0.252 e. The lowest BCUT2D eigenvalue weighted by Crippen LogP contribution is -2.46. The van der Waals surface area contributed by atoms with E-state index in [2.05, 4.69) is 27.9 Å². The van der Waals surface area contributed by atoms with E-state index in [4.69, 9.17) is 4.74 Å². The summed E-state index contributed by atoms with van der Waals surface area (Å²) in [7, 11) is 1.72. The molecule has 5 nitrogen and oxygen atoms in total. The van der Waals surface area contributed by atoms with Gasteiger partial charge < -0.3 is 15.0 Å². The van der Waals surface area contributed by atoms with Gasteiger partial charge in [-0.3, -0.25) is 9.59 Å². The molecule has 1 saturated heterocycles. The van der Waals surface area contributed by atoms with E-state index in [-0.39, 0.29) is 18.2 Å². The summed E-state index contributed by atoms with van der Waals surface area (Å²) in [6.45, 7) is 1.05. The fourth-order valence-corrected chi connectivity index (χ4v) is 2.18. The molecule has 1 aromatic carbocycles. The summed E-state index contributed by atoms with van der Waals surface area (Å²) in [4.78, 5) is 25.2. The molecule has 6 heteroatoms. The standard InChI is InChI=1S/C13H15IN2O3/c1-16-6-7-19-11(13(16)18)8-12(17)15-10-4-2-9(14)3-5-10/h2-5,11H,6-8H2,1H3,(H,15,17). The number of morpholine rings is 1. The van der Waals surface area contributed by atoms with Crippen molar-refractivity contribution in [1.82, 2.24) is 4.90 Å². The lowest BCUT2D eigenvalue weighted by Gasteiger charge is -2.29. The van der Waals surface area contributed by atoms with E-state index in [1.807, 2.05) is 24.3 Å². The molecule has 19 heavy (non-hydrogen) atoms. The summed E-state index contributed by atoms with van der Waals surface area (Å²) >= 11 is 2.20. The number of hydrogen-bond donors (Lipinski definition) is 1. The van der Waals surface area contributed by atoms with Crippen LogP contribution in [0.2, 0.25) is 0 Å². The zero-order valence-electron chi connectivity index (χ0n) is 10.6. The van der Waals surface area contributed by atoms with Gasteiger partial charge in [-0.25, -0.2) is 0 Å². The number of likely N-dealkylation sites (N-methyl/N-ethyl adjacent to an activating group) is 1. The Morgan fingerprint density at radius 2 is 2.16 bits per heavy atom. The Bertz CT molecular complexity index is 475. The maximum absolute atomic E-state index is 11.9. The van der Waals surface area contributed by atoms with Crippen molar-refractivity contribution in [3.63, 3.8) is 0 Å². The van der Waals surface area contributed by atoms with Crippen molar-refractivity contribution in [2.45, 2.75) is 12.5 Å². The first-order valence-corrected chi connectivity index (χ1v) is 7.06. The van der Waals surface area contributed by atoms with Crippen molar-refractivity contribution in [2.24, 2.45) is 0 Å². The molecule has 0 aliphatic carbocycles. The van der Waals surface area contributed by atoms with Crippen LogP contribution in [0, 0.1) is 3.57 Å². The molecule has 1 aliphatic heterocycles. The van der Waals surface area contributed by atoms with Crippen LogP contribution in [0.4, 0.5) is 5.69 Å². The van der Waals surface area contributed by atoms with Crippen molar-refractivity contribution in [3.05, 3.63) is 27.8 Å². The number of nitrogens with zero attached hydrogens (tertiary/aromatic N) is 1. The summed E-state index contributed by atoms with van der Waals surface area (Å²) in [5.74, 6) is -0.348. The van der Waals surface area contributed by atoms with Crippen LogP contribution in [0.25, 0.3) is 0 Å². The van der Waals surface area contributed by atoms with E-state index >= 15 is 0 Å². The Balaban J connectivity index is 1.90. The molecule has 2 rings (SSSR count). The second kappa shape index (κ2) is 6.33. The van der Waals surface area contributed by atoms with Crippen molar-refractivity contribution >= 4 is 40.1 Å². The second-order valence-electron chi connectivity index (χ2n) is 4.38. The van der Waals surface area contributed by atoms with Gasteiger partial charge in [-0.05, 0) is 46.9 Å². The first kappa shape index (κ1) is 14.3. The van der Waals surface area contributed by atoms with Gasteiger partial charge >= 0.3 is 0 Å². The van der Waals surface area contributed by atoms with Gasteiger partial charge in [0.25, 0.3) is 5.91 Å². The molecule has 0 bridgehead atoms. The number of nitrogens with one attached hydrogen (secondary N) is 1. The van der Waals surface area contributed by atoms with Crippen LogP contribution in [0.15, 0.2) is 24.3 Å². The van der Waals surface area contributed by atoms with Gasteiger partial charge in [-0.2, -0.15) is 0 Å². The molecule has 1 fully saturated rings. The highest BCUT2D eigenvalue weighted by Crippen LogP contribution is 2.13. The molecule has 1 atom stereocenters. The molecule has 1 unspecified atom stereocenters. The minimum atomic E-state index is -0.664. The highest BCUT2D eigenvalue weighted by Gasteiger charge is 2.29. The maximum atomic E-state index is 11.9. The number of benzene rings is 1. The Morgan fingerprint density at radius 1 is 1.47 bits per heavy atom. The van der Waals surface area contributed by atoms with Crippen molar-refractivity contribution in [1.29, 1.82) is 0 Å². The fourth-order valence-electron chi connectivity index (χ4n) is 1.82. The Labute approximate surface area is 125 Å². The van der Waals surface area contributed by atoms with Gasteiger partial charge in [0, 0.05) is 22.8 Å². The minimum Gasteiger partial charge on any atom is -0.366 e. The molecular weight excluding hydrogens is 359 g/mol. The van der Waals surface area contributed by atoms with Crippen molar-refractivity contribution in [3.8, 4) is 0 Å². The third-order valence-corrected chi connectivity index (χ3v) is 3.62. The third-order valence-electron chi connectivity index (χ3n) is 2.90. The van der Waals surface area contributed by atoms with Crippen LogP contribution in [-0.4, -0.2) is 43.0 Å². The maximum Gasteiger partial charge on any atom is 0.252 e. The Kier molecular flexibility index (Phi) is 4.76. The van der Waals surface area contributed by atoms with Gasteiger partial charge in [0.1, 0.15) is 6.10 Å². The minimum absolute atomic E-state index is 0.0508. The fraction of sp³-hybridized carbons (Fsp3) is 0.385. The molecule has 2 amide bonds. The predicted octanol–water partition coefficient (Wildman–Crippen LogP) is 1.48. The average Bonchev–Trinajstić information content (AvgIpc) is 2.38. The van der Waals surface area contributed by atoms with E-state index < -0.39 is 6.10 Å². The summed E-state index contributed by atoms with van der Waals surface area (Å²) in [6, 6.07) is 7.48. The molecule has 0 spiro atoms. The third kappa shape index (κ3) is 3.90. The first-order chi connectivity index (χ1) is 9.06. The number of halogens is 1. The lowest BCUT2D eigenvalue weighted by atomic mass is 10.2.